The molecule has 1 saturated carbocycles. The highest BCUT2D eigenvalue weighted by Crippen LogP contribution is 2.38. The highest BCUT2D eigenvalue weighted by Gasteiger charge is 2.27. The van der Waals surface area contributed by atoms with Gasteiger partial charge in [-0.15, -0.1) is 11.8 Å². The fourth-order valence-corrected chi connectivity index (χ4v) is 7.61. The predicted molar refractivity (Wildman–Crippen MR) is 186 cm³/mol. The molecule has 17 heteroatoms. The number of ether oxygens (including phenoxy) is 4. The van der Waals surface area contributed by atoms with Crippen LogP contribution in [-0.4, -0.2) is 77.4 Å². The third-order valence-electron chi connectivity index (χ3n) is 8.12. The molecule has 1 saturated heterocycles. The van der Waals surface area contributed by atoms with Crippen LogP contribution in [0.5, 0.6) is 11.5 Å². The van der Waals surface area contributed by atoms with Crippen LogP contribution >= 0.6 is 35.0 Å². The van der Waals surface area contributed by atoms with E-state index in [2.05, 4.69) is 14.4 Å². The molecule has 50 heavy (non-hydrogen) atoms. The Morgan fingerprint density at radius 2 is 1.84 bits per heavy atom. The molecule has 0 unspecified atom stereocenters. The number of rotatable bonds is 17. The van der Waals surface area contributed by atoms with E-state index in [4.69, 9.17) is 37.4 Å². The number of benzene rings is 2. The molecule has 11 nitrogen and oxygen atoms in total. The molecule has 0 bridgehead atoms. The number of carbonyl (C=O) groups is 1. The number of halogens is 4. The van der Waals surface area contributed by atoms with E-state index in [-0.39, 0.29) is 45.0 Å². The van der Waals surface area contributed by atoms with Crippen LogP contribution < -0.4 is 18.9 Å². The molecule has 1 N–H and O–H groups in total. The summed E-state index contributed by atoms with van der Waals surface area (Å²) in [4.78, 5) is 16.5. The van der Waals surface area contributed by atoms with Crippen LogP contribution in [-0.2, 0) is 25.9 Å². The molecule has 5 rings (SSSR count). The number of aromatic nitrogens is 1. The van der Waals surface area contributed by atoms with E-state index < -0.39 is 28.7 Å². The standard InChI is InChI=1S/C33H37Cl2F2N3O8S2/c1-49-31-8-6-23(15-27(31)38-50(43,44)14-2-9-39-10-12-45-13-11-39)32(41)47-29(17-24-25(34)18-40(42)19-26(24)35)22-5-7-28(48-33(36)37)30(16-22)46-20-21-3-4-21/h5-8,15-16,18-19,21,29,33,38H,2-4,9-14,17,20H2,1H3/t29-/m0/s1. The summed E-state index contributed by atoms with van der Waals surface area (Å²) in [7, 11) is -3.76. The quantitative estimate of drug-likeness (QED) is 0.0718. The third-order valence-corrected chi connectivity index (χ3v) is 10.9. The molecule has 3 aromatic rings. The number of nitrogens with zero attached hydrogens (tertiary/aromatic N) is 2. The topological polar surface area (TPSA) is 130 Å². The maximum Gasteiger partial charge on any atom is 0.387 e. The Balaban J connectivity index is 1.39. The number of carbonyl (C=O) groups excluding carboxylic acids is 1. The van der Waals surface area contributed by atoms with E-state index in [0.717, 1.165) is 38.3 Å². The summed E-state index contributed by atoms with van der Waals surface area (Å²) in [6, 6.07) is 8.71. The average molecular weight is 777 g/mol. The highest BCUT2D eigenvalue weighted by molar-refractivity contribution is 7.99. The van der Waals surface area contributed by atoms with Crippen molar-refractivity contribution in [2.24, 2.45) is 5.92 Å². The van der Waals surface area contributed by atoms with Crippen LogP contribution in [0.4, 0.5) is 14.5 Å². The summed E-state index contributed by atoms with van der Waals surface area (Å²) in [5.41, 5.74) is 0.908. The first kappa shape index (κ1) is 38.2. The average Bonchev–Trinajstić information content (AvgIpc) is 3.90. The van der Waals surface area contributed by atoms with E-state index in [1.807, 2.05) is 0 Å². The molecule has 1 aliphatic carbocycles. The van der Waals surface area contributed by atoms with Gasteiger partial charge in [0.05, 0.1) is 36.8 Å². The molecular formula is C33H37Cl2F2N3O8S2. The zero-order chi connectivity index (χ0) is 35.8. The summed E-state index contributed by atoms with van der Waals surface area (Å²) < 4.78 is 77.5. The van der Waals surface area contributed by atoms with Gasteiger partial charge >= 0.3 is 12.6 Å². The van der Waals surface area contributed by atoms with Crippen LogP contribution in [0.1, 0.15) is 46.9 Å². The Hall–Kier alpha value is -3.08. The summed E-state index contributed by atoms with van der Waals surface area (Å²) in [6.45, 7) is 0.537. The van der Waals surface area contributed by atoms with E-state index in [1.54, 1.807) is 12.3 Å². The monoisotopic (exact) mass is 775 g/mol. The van der Waals surface area contributed by atoms with Crippen molar-refractivity contribution in [2.75, 3.05) is 56.2 Å². The number of sulfonamides is 1. The molecule has 2 heterocycles. The second kappa shape index (κ2) is 17.4. The second-order valence-electron chi connectivity index (χ2n) is 11.9. The molecule has 0 radical (unpaired) electrons. The van der Waals surface area contributed by atoms with Crippen molar-refractivity contribution < 1.29 is 45.7 Å². The van der Waals surface area contributed by atoms with E-state index in [1.165, 1.54) is 42.1 Å². The van der Waals surface area contributed by atoms with Crippen LogP contribution in [0.25, 0.3) is 0 Å². The number of anilines is 1. The zero-order valence-corrected chi connectivity index (χ0v) is 30.3. The number of thioether (sulfide) groups is 1. The molecular weight excluding hydrogens is 739 g/mol. The largest absolute Gasteiger partial charge is 0.619 e. The van der Waals surface area contributed by atoms with Gasteiger partial charge in [-0.1, -0.05) is 29.3 Å². The van der Waals surface area contributed by atoms with Crippen molar-refractivity contribution in [2.45, 2.75) is 43.3 Å². The lowest BCUT2D eigenvalue weighted by Crippen LogP contribution is -2.37. The minimum Gasteiger partial charge on any atom is -0.619 e. The van der Waals surface area contributed by atoms with Gasteiger partial charge < -0.3 is 24.2 Å². The van der Waals surface area contributed by atoms with Crippen molar-refractivity contribution in [1.82, 2.24) is 4.90 Å². The van der Waals surface area contributed by atoms with Gasteiger partial charge in [0.2, 0.25) is 10.0 Å². The Labute approximate surface area is 303 Å². The van der Waals surface area contributed by atoms with Crippen molar-refractivity contribution >= 4 is 56.6 Å². The first-order valence-corrected chi connectivity index (χ1v) is 19.5. The van der Waals surface area contributed by atoms with Gasteiger partial charge in [0.25, 0.3) is 0 Å². The van der Waals surface area contributed by atoms with Gasteiger partial charge in [-0.2, -0.15) is 13.5 Å². The van der Waals surface area contributed by atoms with E-state index >= 15 is 0 Å². The first-order chi connectivity index (χ1) is 23.9. The smallest absolute Gasteiger partial charge is 0.387 e. The van der Waals surface area contributed by atoms with Crippen LogP contribution in [0.2, 0.25) is 10.0 Å². The van der Waals surface area contributed by atoms with Gasteiger partial charge in [-0.3, -0.25) is 9.62 Å². The summed E-state index contributed by atoms with van der Waals surface area (Å²) >= 11 is 14.0. The number of alkyl halides is 2. The number of nitrogens with one attached hydrogen (secondary N) is 1. The molecule has 2 aliphatic rings. The molecule has 1 aromatic heterocycles. The number of pyridine rings is 1. The Morgan fingerprint density at radius 3 is 2.50 bits per heavy atom. The summed E-state index contributed by atoms with van der Waals surface area (Å²) in [5, 5.41) is 12.0. The number of esters is 1. The maximum atomic E-state index is 13.7. The zero-order valence-electron chi connectivity index (χ0n) is 27.1. The van der Waals surface area contributed by atoms with Crippen molar-refractivity contribution in [3.8, 4) is 11.5 Å². The lowest BCUT2D eigenvalue weighted by Gasteiger charge is -2.26. The van der Waals surface area contributed by atoms with Gasteiger partial charge in [-0.05, 0) is 73.9 Å². The molecule has 1 atom stereocenters. The molecule has 2 fully saturated rings. The van der Waals surface area contributed by atoms with Gasteiger partial charge in [-0.25, -0.2) is 13.2 Å². The molecule has 0 spiro atoms. The summed E-state index contributed by atoms with van der Waals surface area (Å²) in [5.74, 6) is -0.785. The fourth-order valence-electron chi connectivity index (χ4n) is 5.30. The van der Waals surface area contributed by atoms with Crippen LogP contribution in [0.3, 0.4) is 0 Å². The number of hydrogen-bond acceptors (Lipinski definition) is 10. The fraction of sp³-hybridized carbons (Fsp3) is 0.455. The lowest BCUT2D eigenvalue weighted by atomic mass is 10.0. The SMILES string of the molecule is CSc1ccc(C(=O)O[C@@H](Cc2c(Cl)c[n+]([O-])cc2Cl)c2ccc(OC(F)F)c(OCC3CC3)c2)cc1NS(=O)(=O)CCCN1CCOCC1. The highest BCUT2D eigenvalue weighted by atomic mass is 35.5. The Morgan fingerprint density at radius 1 is 1.12 bits per heavy atom. The minimum absolute atomic E-state index is 0.0195. The summed E-state index contributed by atoms with van der Waals surface area (Å²) in [6.07, 6.45) is 5.10. The number of hydrogen-bond donors (Lipinski definition) is 1. The first-order valence-electron chi connectivity index (χ1n) is 15.9. The van der Waals surface area contributed by atoms with Gasteiger partial charge in [0.1, 0.15) is 16.1 Å². The maximum absolute atomic E-state index is 13.7. The molecule has 272 valence electrons. The normalized spacial score (nSPS) is 15.9. The second-order valence-corrected chi connectivity index (χ2v) is 15.4. The van der Waals surface area contributed by atoms with E-state index in [9.17, 15) is 27.2 Å². The van der Waals surface area contributed by atoms with Crippen molar-refractivity contribution in [3.63, 3.8) is 0 Å². The van der Waals surface area contributed by atoms with Crippen molar-refractivity contribution in [3.05, 3.63) is 80.7 Å². The van der Waals surface area contributed by atoms with Gasteiger partial charge in [0, 0.05) is 30.0 Å². The molecule has 0 amide bonds. The van der Waals surface area contributed by atoms with Gasteiger partial charge in [0.15, 0.2) is 23.9 Å². The van der Waals surface area contributed by atoms with Crippen LogP contribution in [0, 0.1) is 11.1 Å². The Kier molecular flexibility index (Phi) is 13.3. The minimum atomic E-state index is -3.76. The van der Waals surface area contributed by atoms with Crippen molar-refractivity contribution in [1.29, 1.82) is 0 Å². The Bertz CT molecular complexity index is 1740. The van der Waals surface area contributed by atoms with E-state index in [0.29, 0.717) is 59.5 Å². The lowest BCUT2D eigenvalue weighted by molar-refractivity contribution is -0.605. The molecule has 1 aliphatic heterocycles. The third kappa shape index (κ3) is 11.0. The molecule has 2 aromatic carbocycles. The predicted octanol–water partition coefficient (Wildman–Crippen LogP) is 6.34. The van der Waals surface area contributed by atoms with Crippen LogP contribution in [0.15, 0.2) is 53.7 Å². The number of morpholine rings is 1.